The molecule has 2 aromatic rings. The Morgan fingerprint density at radius 3 is 1.81 bits per heavy atom. The van der Waals surface area contributed by atoms with E-state index in [2.05, 4.69) is 107 Å². The van der Waals surface area contributed by atoms with E-state index < -0.39 is 8.32 Å². The van der Waals surface area contributed by atoms with Gasteiger partial charge < -0.3 is 9.16 Å². The van der Waals surface area contributed by atoms with Crippen molar-refractivity contribution in [3.63, 3.8) is 0 Å². The minimum atomic E-state index is -2.45. The topological polar surface area (TPSA) is 18.5 Å². The molecule has 2 aromatic carbocycles. The predicted molar refractivity (Wildman–Crippen MR) is 137 cm³/mol. The molecule has 0 saturated heterocycles. The van der Waals surface area contributed by atoms with Crippen molar-refractivity contribution in [3.8, 4) is 0 Å². The molecule has 0 aliphatic rings. The second-order valence-corrected chi connectivity index (χ2v) is 13.7. The first-order valence-corrected chi connectivity index (χ1v) is 13.3. The third-order valence-electron chi connectivity index (χ3n) is 5.88. The van der Waals surface area contributed by atoms with E-state index in [1.165, 1.54) is 21.5 Å². The third kappa shape index (κ3) is 7.03. The van der Waals surface area contributed by atoms with Gasteiger partial charge in [-0.05, 0) is 48.5 Å². The number of allylic oxidation sites excluding steroid dienone is 2. The molecule has 0 bridgehead atoms. The number of rotatable bonds is 11. The molecule has 2 rings (SSSR count). The average Bonchev–Trinajstić information content (AvgIpc) is 2.75. The maximum atomic E-state index is 6.95. The van der Waals surface area contributed by atoms with Crippen LogP contribution in [0.25, 0.3) is 0 Å². The molecule has 0 fully saturated rings. The predicted octanol–water partition coefficient (Wildman–Crippen LogP) is 6.27. The summed E-state index contributed by atoms with van der Waals surface area (Å²) in [5.41, 5.74) is 2.78. The Morgan fingerprint density at radius 2 is 1.32 bits per heavy atom. The highest BCUT2D eigenvalue weighted by Crippen LogP contribution is 2.36. The van der Waals surface area contributed by atoms with E-state index in [-0.39, 0.29) is 5.04 Å². The molecule has 0 unspecified atom stereocenters. The van der Waals surface area contributed by atoms with Crippen LogP contribution in [0.2, 0.25) is 5.04 Å². The Bertz CT molecular complexity index is 793. The second kappa shape index (κ2) is 12.2. The second-order valence-electron chi connectivity index (χ2n) is 9.36. The summed E-state index contributed by atoms with van der Waals surface area (Å²) in [6.07, 6.45) is 7.75. The molecular formula is C28H40O2Si. The van der Waals surface area contributed by atoms with Crippen molar-refractivity contribution in [1.29, 1.82) is 0 Å². The quantitative estimate of drug-likeness (QED) is 0.305. The summed E-state index contributed by atoms with van der Waals surface area (Å²) in [5.74, 6) is 0. The number of benzene rings is 2. The molecule has 0 saturated carbocycles. The molecule has 0 atom stereocenters. The molecule has 168 valence electrons. The molecule has 0 amide bonds. The first-order valence-electron chi connectivity index (χ1n) is 11.4. The van der Waals surface area contributed by atoms with Crippen LogP contribution in [0, 0.1) is 0 Å². The highest BCUT2D eigenvalue weighted by molar-refractivity contribution is 6.99. The van der Waals surface area contributed by atoms with E-state index in [0.29, 0.717) is 6.61 Å². The zero-order valence-corrected chi connectivity index (χ0v) is 21.3. The van der Waals surface area contributed by atoms with E-state index in [4.69, 9.17) is 9.16 Å². The Hall–Kier alpha value is -1.94. The number of hydrogen-bond donors (Lipinski definition) is 0. The van der Waals surface area contributed by atoms with Gasteiger partial charge in [0.1, 0.15) is 0 Å². The van der Waals surface area contributed by atoms with Crippen LogP contribution in [-0.4, -0.2) is 28.6 Å². The molecule has 2 nitrogen and oxygen atoms in total. The van der Waals surface area contributed by atoms with E-state index in [0.717, 1.165) is 25.9 Å². The van der Waals surface area contributed by atoms with Crippen LogP contribution in [0.3, 0.4) is 0 Å². The number of ether oxygens (including phenoxy) is 1. The molecule has 3 heteroatoms. The van der Waals surface area contributed by atoms with Gasteiger partial charge in [-0.25, -0.2) is 0 Å². The number of hydrogen-bond acceptors (Lipinski definition) is 2. The van der Waals surface area contributed by atoms with Gasteiger partial charge in [-0.1, -0.05) is 105 Å². The zero-order valence-electron chi connectivity index (χ0n) is 20.3. The van der Waals surface area contributed by atoms with Crippen molar-refractivity contribution in [2.45, 2.75) is 58.9 Å². The van der Waals surface area contributed by atoms with Gasteiger partial charge in [0.2, 0.25) is 0 Å². The van der Waals surface area contributed by atoms with E-state index in [1.807, 2.05) is 0 Å². The summed E-state index contributed by atoms with van der Waals surface area (Å²) < 4.78 is 12.1. The summed E-state index contributed by atoms with van der Waals surface area (Å²) in [7, 11) is -0.695. The van der Waals surface area contributed by atoms with Crippen molar-refractivity contribution in [1.82, 2.24) is 0 Å². The maximum Gasteiger partial charge on any atom is 0.261 e. The van der Waals surface area contributed by atoms with Crippen LogP contribution >= 0.6 is 0 Å². The summed E-state index contributed by atoms with van der Waals surface area (Å²) >= 11 is 0. The summed E-state index contributed by atoms with van der Waals surface area (Å²) in [6, 6.07) is 21.7. The smallest absolute Gasteiger partial charge is 0.261 e. The van der Waals surface area contributed by atoms with Gasteiger partial charge in [-0.3, -0.25) is 0 Å². The molecular weight excluding hydrogens is 396 g/mol. The first kappa shape index (κ1) is 25.3. The summed E-state index contributed by atoms with van der Waals surface area (Å²) in [5, 5.41) is 2.67. The SMILES string of the molecule is COCC/C(C)=C/CC/C(C)=C/CO[Si](c1ccccc1)(c1ccccc1)C(C)(C)C. The summed E-state index contributed by atoms with van der Waals surface area (Å²) in [6.45, 7) is 12.8. The van der Waals surface area contributed by atoms with Crippen LogP contribution in [-0.2, 0) is 9.16 Å². The molecule has 0 heterocycles. The van der Waals surface area contributed by atoms with Crippen molar-refractivity contribution in [3.05, 3.63) is 84.0 Å². The molecule has 0 aliphatic carbocycles. The minimum absolute atomic E-state index is 0.0125. The van der Waals surface area contributed by atoms with Gasteiger partial charge in [0.25, 0.3) is 8.32 Å². The van der Waals surface area contributed by atoms with Crippen LogP contribution in [0.15, 0.2) is 84.0 Å². The summed E-state index contributed by atoms with van der Waals surface area (Å²) in [4.78, 5) is 0. The van der Waals surface area contributed by atoms with E-state index in [1.54, 1.807) is 7.11 Å². The number of methoxy groups -OCH3 is 1. The van der Waals surface area contributed by atoms with Crippen molar-refractivity contribution in [2.75, 3.05) is 20.3 Å². The lowest BCUT2D eigenvalue weighted by molar-refractivity contribution is 0.202. The Balaban J connectivity index is 2.20. The third-order valence-corrected chi connectivity index (χ3v) is 10.9. The zero-order chi connectivity index (χ0) is 22.7. The van der Waals surface area contributed by atoms with Crippen LogP contribution in [0.5, 0.6) is 0 Å². The standard InChI is InChI=1S/C28H40O2Si/c1-24(20-22-29-6)14-13-15-25(2)21-23-30-31(28(3,4)5,26-16-9-7-10-17-26)27-18-11-8-12-19-27/h7-12,14,16-19,21H,13,15,20,22-23H2,1-6H3/b24-14+,25-21+. The van der Waals surface area contributed by atoms with Gasteiger partial charge in [-0.15, -0.1) is 0 Å². The van der Waals surface area contributed by atoms with Crippen molar-refractivity contribution in [2.24, 2.45) is 0 Å². The first-order chi connectivity index (χ1) is 14.8. The van der Waals surface area contributed by atoms with Gasteiger partial charge in [-0.2, -0.15) is 0 Å². The minimum Gasteiger partial charge on any atom is -0.404 e. The monoisotopic (exact) mass is 436 g/mol. The van der Waals surface area contributed by atoms with Gasteiger partial charge in [0.15, 0.2) is 0 Å². The molecule has 0 spiro atoms. The fraction of sp³-hybridized carbons (Fsp3) is 0.429. The maximum absolute atomic E-state index is 6.95. The Kier molecular flexibility index (Phi) is 9.95. The van der Waals surface area contributed by atoms with Gasteiger partial charge in [0, 0.05) is 13.7 Å². The van der Waals surface area contributed by atoms with Gasteiger partial charge >= 0.3 is 0 Å². The lowest BCUT2D eigenvalue weighted by Crippen LogP contribution is -2.66. The fourth-order valence-corrected chi connectivity index (χ4v) is 8.57. The molecule has 0 aromatic heterocycles. The van der Waals surface area contributed by atoms with E-state index in [9.17, 15) is 0 Å². The Labute approximate surface area is 191 Å². The largest absolute Gasteiger partial charge is 0.404 e. The van der Waals surface area contributed by atoms with Crippen LogP contribution in [0.1, 0.15) is 53.9 Å². The van der Waals surface area contributed by atoms with E-state index >= 15 is 0 Å². The average molecular weight is 437 g/mol. The Morgan fingerprint density at radius 1 is 0.806 bits per heavy atom. The molecule has 0 aliphatic heterocycles. The molecule has 0 N–H and O–H groups in total. The highest BCUT2D eigenvalue weighted by Gasteiger charge is 2.49. The lowest BCUT2D eigenvalue weighted by atomic mass is 10.1. The molecule has 31 heavy (non-hydrogen) atoms. The van der Waals surface area contributed by atoms with Gasteiger partial charge in [0.05, 0.1) is 6.61 Å². The van der Waals surface area contributed by atoms with Crippen molar-refractivity contribution >= 4 is 18.7 Å². The van der Waals surface area contributed by atoms with Crippen LogP contribution < -0.4 is 10.4 Å². The lowest BCUT2D eigenvalue weighted by Gasteiger charge is -2.42. The normalized spacial score (nSPS) is 13.5. The molecule has 0 radical (unpaired) electrons. The van der Waals surface area contributed by atoms with Crippen LogP contribution in [0.4, 0.5) is 0 Å². The highest BCUT2D eigenvalue weighted by atomic mass is 28.4. The van der Waals surface area contributed by atoms with Crippen molar-refractivity contribution < 1.29 is 9.16 Å². The fourth-order valence-electron chi connectivity index (χ4n) is 4.08.